The van der Waals surface area contributed by atoms with Crippen molar-refractivity contribution < 1.29 is 9.18 Å². The number of carbonyl (C=O) groups excluding carboxylic acids is 1. The zero-order valence-electron chi connectivity index (χ0n) is 17.0. The van der Waals surface area contributed by atoms with Crippen LogP contribution in [0.4, 0.5) is 10.1 Å². The number of aryl methyl sites for hydroxylation is 1. The molecule has 0 saturated carbocycles. The molecule has 0 bridgehead atoms. The lowest BCUT2D eigenvalue weighted by Gasteiger charge is -2.36. The Morgan fingerprint density at radius 1 is 1.26 bits per heavy atom. The Morgan fingerprint density at radius 3 is 2.90 bits per heavy atom. The molecule has 0 aromatic heterocycles. The highest BCUT2D eigenvalue weighted by molar-refractivity contribution is 8.14. The highest BCUT2D eigenvalue weighted by Crippen LogP contribution is 2.35. The van der Waals surface area contributed by atoms with E-state index in [1.165, 1.54) is 23.4 Å². The number of rotatable bonds is 4. The number of halogens is 1. The molecule has 3 N–H and O–H groups in total. The summed E-state index contributed by atoms with van der Waals surface area (Å²) in [5.74, 6) is -0.347. The lowest BCUT2D eigenvalue weighted by atomic mass is 10.00. The average molecular weight is 439 g/mol. The van der Waals surface area contributed by atoms with Crippen LogP contribution in [0.15, 0.2) is 66.0 Å². The first-order valence-electron chi connectivity index (χ1n) is 10.2. The van der Waals surface area contributed by atoms with Gasteiger partial charge in [-0.1, -0.05) is 48.2 Å². The first-order valence-corrected chi connectivity index (χ1v) is 11.2. The van der Waals surface area contributed by atoms with Crippen molar-refractivity contribution in [3.63, 3.8) is 0 Å². The molecule has 3 unspecified atom stereocenters. The lowest BCUT2D eigenvalue weighted by Crippen LogP contribution is -2.54. The molecule has 3 atom stereocenters. The number of anilines is 1. The van der Waals surface area contributed by atoms with Gasteiger partial charge in [-0.05, 0) is 36.6 Å². The Balaban J connectivity index is 1.18. The molecule has 1 saturated heterocycles. The van der Waals surface area contributed by atoms with Crippen LogP contribution in [-0.2, 0) is 4.79 Å². The van der Waals surface area contributed by atoms with Crippen LogP contribution in [0.3, 0.4) is 0 Å². The molecule has 2 aromatic rings. The molecule has 0 aliphatic carbocycles. The number of nitrogens with zero attached hydrogens (tertiary/aromatic N) is 3. The Kier molecular flexibility index (Phi) is 5.29. The number of hydrogen-bond donors (Lipinski definition) is 3. The zero-order chi connectivity index (χ0) is 21.4. The van der Waals surface area contributed by atoms with Crippen molar-refractivity contribution in [2.45, 2.75) is 31.6 Å². The van der Waals surface area contributed by atoms with Gasteiger partial charge in [0, 0.05) is 18.1 Å². The normalized spacial score (nSPS) is 23.8. The quantitative estimate of drug-likeness (QED) is 0.682. The molecule has 2 aromatic carbocycles. The Hall–Kier alpha value is -3.04. The van der Waals surface area contributed by atoms with Crippen LogP contribution in [0, 0.1) is 12.7 Å². The maximum Gasteiger partial charge on any atom is 0.234 e. The van der Waals surface area contributed by atoms with Crippen LogP contribution >= 0.6 is 11.8 Å². The van der Waals surface area contributed by atoms with Gasteiger partial charge in [0.05, 0.1) is 17.8 Å². The molecule has 0 spiro atoms. The van der Waals surface area contributed by atoms with Crippen molar-refractivity contribution in [3.05, 3.63) is 77.9 Å². The number of fused-ring (bicyclic) bond motifs is 3. The second kappa shape index (κ2) is 8.24. The lowest BCUT2D eigenvalue weighted by molar-refractivity contribution is -0.113. The minimum Gasteiger partial charge on any atom is -0.325 e. The number of amidine groups is 1. The fourth-order valence-electron chi connectivity index (χ4n) is 4.05. The summed E-state index contributed by atoms with van der Waals surface area (Å²) in [7, 11) is 0. The predicted molar refractivity (Wildman–Crippen MR) is 120 cm³/mol. The number of amides is 1. The summed E-state index contributed by atoms with van der Waals surface area (Å²) in [6, 6.07) is 15.5. The summed E-state index contributed by atoms with van der Waals surface area (Å²) in [4.78, 5) is 14.4. The second-order valence-electron chi connectivity index (χ2n) is 7.78. The van der Waals surface area contributed by atoms with Crippen molar-refractivity contribution in [1.29, 1.82) is 0 Å². The molecule has 1 fully saturated rings. The van der Waals surface area contributed by atoms with Gasteiger partial charge in [-0.3, -0.25) is 10.2 Å². The van der Waals surface area contributed by atoms with Gasteiger partial charge in [0.1, 0.15) is 12.0 Å². The molecule has 7 nitrogen and oxygen atoms in total. The smallest absolute Gasteiger partial charge is 0.234 e. The van der Waals surface area contributed by atoms with E-state index in [4.69, 9.17) is 0 Å². The Bertz CT molecular complexity index is 1050. The third-order valence-corrected chi connectivity index (χ3v) is 6.66. The van der Waals surface area contributed by atoms with Crippen molar-refractivity contribution in [1.82, 2.24) is 20.8 Å². The van der Waals surface area contributed by atoms with Crippen molar-refractivity contribution in [3.8, 4) is 0 Å². The minimum atomic E-state index is -0.334. The van der Waals surface area contributed by atoms with Crippen molar-refractivity contribution in [2.75, 3.05) is 11.1 Å². The summed E-state index contributed by atoms with van der Waals surface area (Å²) >= 11 is 1.35. The summed E-state index contributed by atoms with van der Waals surface area (Å²) in [5.41, 5.74) is 9.03. The third-order valence-electron chi connectivity index (χ3n) is 5.69. The second-order valence-corrected chi connectivity index (χ2v) is 8.72. The van der Waals surface area contributed by atoms with Gasteiger partial charge in [-0.25, -0.2) is 9.82 Å². The fourth-order valence-corrected chi connectivity index (χ4v) is 4.82. The van der Waals surface area contributed by atoms with Crippen LogP contribution in [0.5, 0.6) is 0 Å². The van der Waals surface area contributed by atoms with E-state index >= 15 is 0 Å². The van der Waals surface area contributed by atoms with Gasteiger partial charge in [0.25, 0.3) is 0 Å². The van der Waals surface area contributed by atoms with E-state index in [2.05, 4.69) is 55.4 Å². The standard InChI is InChI=1S/C22H23FN6OS/c1-14-7-8-16(11-17(14)23)24-20(30)13-31-22-26-25-21-19-12-18(15-5-3-2-4-6-15)27-29(19)10-9-28(21)22/h2-11,18-19,21,25,27H,12-13H2,1H3,(H,24,30). The summed E-state index contributed by atoms with van der Waals surface area (Å²) in [5, 5.41) is 10.1. The van der Waals surface area contributed by atoms with E-state index in [0.717, 1.165) is 11.6 Å². The Labute approximate surface area is 184 Å². The molecule has 3 aliphatic rings. The summed E-state index contributed by atoms with van der Waals surface area (Å²) in [6.07, 6.45) is 4.93. The van der Waals surface area contributed by atoms with Gasteiger partial charge in [-0.15, -0.1) is 0 Å². The number of benzene rings is 2. The number of hydrazine groups is 1. The van der Waals surface area contributed by atoms with Gasteiger partial charge in [0.2, 0.25) is 5.91 Å². The van der Waals surface area contributed by atoms with Crippen LogP contribution in [0.1, 0.15) is 23.6 Å². The SMILES string of the molecule is Cc1ccc(NC(=O)CSC2=NNC3C4CC(c5ccccc5)NN4C=CN23)cc1F. The van der Waals surface area contributed by atoms with E-state index < -0.39 is 0 Å². The Morgan fingerprint density at radius 2 is 2.10 bits per heavy atom. The van der Waals surface area contributed by atoms with Crippen LogP contribution in [0.25, 0.3) is 0 Å². The molecule has 31 heavy (non-hydrogen) atoms. The maximum atomic E-state index is 13.7. The average Bonchev–Trinajstić information content (AvgIpc) is 3.39. The van der Waals surface area contributed by atoms with Crippen molar-refractivity contribution >= 4 is 28.5 Å². The van der Waals surface area contributed by atoms with Crippen molar-refractivity contribution in [2.24, 2.45) is 5.10 Å². The van der Waals surface area contributed by atoms with Gasteiger partial charge < -0.3 is 15.2 Å². The minimum absolute atomic E-state index is 0.00275. The zero-order valence-corrected chi connectivity index (χ0v) is 17.8. The molecular weight excluding hydrogens is 415 g/mol. The largest absolute Gasteiger partial charge is 0.325 e. The topological polar surface area (TPSA) is 72.0 Å². The number of thioether (sulfide) groups is 1. The molecular formula is C22H23FN6OS. The summed E-state index contributed by atoms with van der Waals surface area (Å²) < 4.78 is 13.7. The molecule has 5 rings (SSSR count). The molecule has 0 radical (unpaired) electrons. The van der Waals surface area contributed by atoms with E-state index in [-0.39, 0.29) is 35.7 Å². The van der Waals surface area contributed by atoms with Crippen LogP contribution in [-0.4, -0.2) is 38.9 Å². The number of hydrogen-bond acceptors (Lipinski definition) is 7. The third kappa shape index (κ3) is 3.98. The molecule has 3 heterocycles. The van der Waals surface area contributed by atoms with E-state index in [0.29, 0.717) is 11.3 Å². The first kappa shape index (κ1) is 19.9. The van der Waals surface area contributed by atoms with Crippen LogP contribution in [0.2, 0.25) is 0 Å². The van der Waals surface area contributed by atoms with Gasteiger partial charge in [-0.2, -0.15) is 5.10 Å². The molecule has 160 valence electrons. The van der Waals surface area contributed by atoms with E-state index in [9.17, 15) is 9.18 Å². The monoisotopic (exact) mass is 438 g/mol. The maximum absolute atomic E-state index is 13.7. The number of carbonyl (C=O) groups is 1. The van der Waals surface area contributed by atoms with E-state index in [1.807, 2.05) is 18.5 Å². The first-order chi connectivity index (χ1) is 15.1. The summed E-state index contributed by atoms with van der Waals surface area (Å²) in [6.45, 7) is 1.69. The van der Waals surface area contributed by atoms with Gasteiger partial charge >= 0.3 is 0 Å². The van der Waals surface area contributed by atoms with E-state index in [1.54, 1.807) is 19.1 Å². The number of hydrazone groups is 1. The molecule has 9 heteroatoms. The van der Waals surface area contributed by atoms with Gasteiger partial charge in [0.15, 0.2) is 5.17 Å². The van der Waals surface area contributed by atoms with Crippen LogP contribution < -0.4 is 16.2 Å². The molecule has 3 aliphatic heterocycles. The predicted octanol–water partition coefficient (Wildman–Crippen LogP) is 3.11. The fraction of sp³-hybridized carbons (Fsp3) is 0.273. The molecule has 1 amide bonds. The highest BCUT2D eigenvalue weighted by atomic mass is 32.2. The highest BCUT2D eigenvalue weighted by Gasteiger charge is 2.44. The number of nitrogens with one attached hydrogen (secondary N) is 3.